The second-order valence-electron chi connectivity index (χ2n) is 18.0. The van der Waals surface area contributed by atoms with Gasteiger partial charge in [-0.3, -0.25) is 4.79 Å². The maximum Gasteiger partial charge on any atom is 0.222 e. The number of nitrogens with zero attached hydrogens (tertiary/aromatic N) is 1. The average molecular weight is 718 g/mol. The molecule has 284 valence electrons. The fraction of sp³-hybridized carbons (Fsp3) is 0.930. The van der Waals surface area contributed by atoms with Crippen molar-refractivity contribution in [2.24, 2.45) is 57.8 Å². The Bertz CT molecular complexity index is 1000. The van der Waals surface area contributed by atoms with Crippen LogP contribution in [0.5, 0.6) is 0 Å². The van der Waals surface area contributed by atoms with E-state index in [1.807, 2.05) is 5.57 Å². The zero-order valence-electron chi connectivity index (χ0n) is 32.8. The molecule has 4 nitrogen and oxygen atoms in total. The van der Waals surface area contributed by atoms with Crippen LogP contribution in [0.4, 0.5) is 0 Å². The van der Waals surface area contributed by atoms with Crippen molar-refractivity contribution in [1.82, 2.24) is 4.90 Å². The standard InChI is InChI=1S/C43H79N3OS2/c1-33(2)16-14-17-34(3)38-21-22-39-37-20-19-35-32-36(23-25-42(35,4)40(37)24-26-43(38,39)5)49-48-31-13-10-18-41(47)46(30-15-28-45)29-12-9-7-6-8-11-27-44/h19,33-34,36-40H,6-18,20-32,44-45H2,1-5H3/t34?,36-,37-,38+,39-,40-,42-,43+/m0/s1. The summed E-state index contributed by atoms with van der Waals surface area (Å²) >= 11 is 0. The third-order valence-electron chi connectivity index (χ3n) is 14.2. The molecule has 0 bridgehead atoms. The predicted octanol–water partition coefficient (Wildman–Crippen LogP) is 11.4. The predicted molar refractivity (Wildman–Crippen MR) is 218 cm³/mol. The number of fused-ring (bicyclic) bond motifs is 5. The van der Waals surface area contributed by atoms with Gasteiger partial charge >= 0.3 is 0 Å². The number of unbranched alkanes of at least 4 members (excludes halogenated alkanes) is 6. The van der Waals surface area contributed by atoms with Crippen LogP contribution in [0.3, 0.4) is 0 Å². The molecule has 0 heterocycles. The van der Waals surface area contributed by atoms with E-state index in [0.29, 0.717) is 29.7 Å². The summed E-state index contributed by atoms with van der Waals surface area (Å²) < 4.78 is 0. The largest absolute Gasteiger partial charge is 0.343 e. The van der Waals surface area contributed by atoms with Crippen LogP contribution in [0.15, 0.2) is 11.6 Å². The number of hydrogen-bond donors (Lipinski definition) is 2. The third-order valence-corrected chi connectivity index (χ3v) is 17.2. The quantitative estimate of drug-likeness (QED) is 0.0625. The first-order valence-electron chi connectivity index (χ1n) is 21.3. The lowest BCUT2D eigenvalue weighted by molar-refractivity contribution is -0.131. The normalized spacial score (nSPS) is 31.6. The Hall–Kier alpha value is -0.170. The Balaban J connectivity index is 1.16. The number of carbonyl (C=O) groups is 1. The molecular formula is C43H79N3OS2. The van der Waals surface area contributed by atoms with Gasteiger partial charge in [-0.2, -0.15) is 0 Å². The second-order valence-corrected chi connectivity index (χ2v) is 20.8. The number of carbonyl (C=O) groups excluding carboxylic acids is 1. The lowest BCUT2D eigenvalue weighted by Crippen LogP contribution is -2.50. The van der Waals surface area contributed by atoms with Crippen LogP contribution >= 0.6 is 21.6 Å². The highest BCUT2D eigenvalue weighted by Crippen LogP contribution is 2.67. The summed E-state index contributed by atoms with van der Waals surface area (Å²) in [5, 5.41) is 0.765. The molecule has 4 N–H and O–H groups in total. The van der Waals surface area contributed by atoms with Gasteiger partial charge in [0.05, 0.1) is 0 Å². The van der Waals surface area contributed by atoms with Gasteiger partial charge in [-0.15, -0.1) is 0 Å². The van der Waals surface area contributed by atoms with Crippen molar-refractivity contribution in [3.63, 3.8) is 0 Å². The molecule has 0 aromatic rings. The summed E-state index contributed by atoms with van der Waals surface area (Å²) in [6.07, 6.45) is 29.4. The molecule has 8 atom stereocenters. The van der Waals surface area contributed by atoms with Crippen molar-refractivity contribution in [1.29, 1.82) is 0 Å². The molecule has 3 saturated carbocycles. The van der Waals surface area contributed by atoms with Crippen LogP contribution in [-0.4, -0.2) is 48.0 Å². The SMILES string of the molecule is CC(C)CCCC(C)[C@H]1CC[C@H]2[C@@H]3CC=C4C[C@@H](SSCCCCC(=O)N(CCCN)CCCCCCCCN)CC[C@]4(C)[C@H]3CC[C@]12C. The van der Waals surface area contributed by atoms with Crippen molar-refractivity contribution in [2.45, 2.75) is 175 Å². The van der Waals surface area contributed by atoms with Crippen LogP contribution in [0.1, 0.15) is 169 Å². The Morgan fingerprint density at radius 3 is 2.33 bits per heavy atom. The van der Waals surface area contributed by atoms with Crippen molar-refractivity contribution < 1.29 is 4.79 Å². The van der Waals surface area contributed by atoms with Gasteiger partial charge in [0.1, 0.15) is 0 Å². The lowest BCUT2D eigenvalue weighted by Gasteiger charge is -2.58. The minimum Gasteiger partial charge on any atom is -0.343 e. The minimum absolute atomic E-state index is 0.343. The zero-order valence-corrected chi connectivity index (χ0v) is 34.5. The molecule has 0 aliphatic heterocycles. The van der Waals surface area contributed by atoms with E-state index < -0.39 is 0 Å². The Morgan fingerprint density at radius 2 is 1.57 bits per heavy atom. The van der Waals surface area contributed by atoms with E-state index in [1.54, 1.807) is 0 Å². The zero-order chi connectivity index (χ0) is 35.3. The topological polar surface area (TPSA) is 72.3 Å². The van der Waals surface area contributed by atoms with E-state index in [0.717, 1.165) is 92.5 Å². The minimum atomic E-state index is 0.343. The number of nitrogens with two attached hydrogens (primary N) is 2. The van der Waals surface area contributed by atoms with E-state index in [4.69, 9.17) is 11.5 Å². The summed E-state index contributed by atoms with van der Waals surface area (Å²) in [5.41, 5.74) is 14.3. The molecular weight excluding hydrogens is 639 g/mol. The number of amides is 1. The monoisotopic (exact) mass is 718 g/mol. The first kappa shape index (κ1) is 41.6. The molecule has 1 amide bonds. The molecule has 4 aliphatic rings. The van der Waals surface area contributed by atoms with Crippen molar-refractivity contribution in [3.05, 3.63) is 11.6 Å². The van der Waals surface area contributed by atoms with Gasteiger partial charge in [-0.05, 0) is 143 Å². The van der Waals surface area contributed by atoms with E-state index >= 15 is 0 Å². The molecule has 0 aromatic heterocycles. The maximum absolute atomic E-state index is 13.0. The van der Waals surface area contributed by atoms with Gasteiger partial charge in [0.25, 0.3) is 0 Å². The molecule has 1 unspecified atom stereocenters. The summed E-state index contributed by atoms with van der Waals surface area (Å²) in [6, 6.07) is 0. The van der Waals surface area contributed by atoms with Crippen LogP contribution in [0, 0.1) is 46.3 Å². The highest BCUT2D eigenvalue weighted by molar-refractivity contribution is 8.76. The smallest absolute Gasteiger partial charge is 0.222 e. The fourth-order valence-corrected chi connectivity index (χ4v) is 14.1. The van der Waals surface area contributed by atoms with Gasteiger partial charge in [-0.1, -0.05) is 113 Å². The van der Waals surface area contributed by atoms with Crippen LogP contribution in [-0.2, 0) is 4.79 Å². The van der Waals surface area contributed by atoms with E-state index in [2.05, 4.69) is 67.2 Å². The molecule has 3 fully saturated rings. The van der Waals surface area contributed by atoms with Crippen LogP contribution in [0.25, 0.3) is 0 Å². The van der Waals surface area contributed by atoms with Gasteiger partial charge in [-0.25, -0.2) is 0 Å². The maximum atomic E-state index is 13.0. The average Bonchev–Trinajstić information content (AvgIpc) is 3.44. The first-order valence-corrected chi connectivity index (χ1v) is 23.7. The third kappa shape index (κ3) is 11.4. The fourth-order valence-electron chi connectivity index (χ4n) is 11.3. The van der Waals surface area contributed by atoms with Crippen LogP contribution in [0.2, 0.25) is 0 Å². The van der Waals surface area contributed by atoms with E-state index in [-0.39, 0.29) is 0 Å². The van der Waals surface area contributed by atoms with Gasteiger partial charge < -0.3 is 16.4 Å². The Kier molecular flexibility index (Phi) is 17.7. The second kappa shape index (κ2) is 20.9. The van der Waals surface area contributed by atoms with Crippen LogP contribution < -0.4 is 11.5 Å². The lowest BCUT2D eigenvalue weighted by atomic mass is 9.47. The summed E-state index contributed by atoms with van der Waals surface area (Å²) in [4.78, 5) is 15.1. The van der Waals surface area contributed by atoms with Gasteiger partial charge in [0.15, 0.2) is 0 Å². The Labute approximate surface area is 312 Å². The highest BCUT2D eigenvalue weighted by atomic mass is 33.1. The molecule has 0 radical (unpaired) electrons. The highest BCUT2D eigenvalue weighted by Gasteiger charge is 2.59. The van der Waals surface area contributed by atoms with Gasteiger partial charge in [0.2, 0.25) is 5.91 Å². The number of allylic oxidation sites excluding steroid dienone is 2. The number of hydrogen-bond acceptors (Lipinski definition) is 5. The van der Waals surface area contributed by atoms with Crippen molar-refractivity contribution >= 4 is 27.5 Å². The summed E-state index contributed by atoms with van der Waals surface area (Å²) in [6.45, 7) is 16.0. The van der Waals surface area contributed by atoms with Gasteiger partial charge in [0, 0.05) is 30.5 Å². The molecule has 6 heteroatoms. The first-order chi connectivity index (χ1) is 23.6. The number of rotatable bonds is 23. The van der Waals surface area contributed by atoms with E-state index in [9.17, 15) is 4.79 Å². The summed E-state index contributed by atoms with van der Waals surface area (Å²) in [7, 11) is 4.25. The van der Waals surface area contributed by atoms with Crippen molar-refractivity contribution in [3.8, 4) is 0 Å². The molecule has 0 aromatic carbocycles. The molecule has 4 aliphatic carbocycles. The van der Waals surface area contributed by atoms with E-state index in [1.165, 1.54) is 102 Å². The molecule has 0 spiro atoms. The Morgan fingerprint density at radius 1 is 0.837 bits per heavy atom. The molecule has 49 heavy (non-hydrogen) atoms. The summed E-state index contributed by atoms with van der Waals surface area (Å²) in [5.74, 6) is 7.01. The van der Waals surface area contributed by atoms with Crippen molar-refractivity contribution in [2.75, 3.05) is 31.9 Å². The molecule has 4 rings (SSSR count). The molecule has 0 saturated heterocycles.